The van der Waals surface area contributed by atoms with E-state index in [4.69, 9.17) is 9.47 Å². The summed E-state index contributed by atoms with van der Waals surface area (Å²) >= 11 is 0. The van der Waals surface area contributed by atoms with Crippen LogP contribution in [-0.4, -0.2) is 47.9 Å². The number of benzene rings is 3. The Hall–Kier alpha value is -3.64. The van der Waals surface area contributed by atoms with Crippen LogP contribution in [-0.2, 0) is 20.9 Å². The highest BCUT2D eigenvalue weighted by atomic mass is 16.6. The van der Waals surface area contributed by atoms with Gasteiger partial charge in [0.25, 0.3) is 0 Å². The van der Waals surface area contributed by atoms with Crippen LogP contribution in [0.5, 0.6) is 0 Å². The number of hydrogen-bond donors (Lipinski definition) is 1. The Kier molecular flexibility index (Phi) is 6.75. The van der Waals surface area contributed by atoms with Crippen LogP contribution in [0.2, 0.25) is 0 Å². The Morgan fingerprint density at radius 2 is 1.45 bits per heavy atom. The molecule has 1 amide bonds. The largest absolute Gasteiger partial charge is 0.480 e. The molecule has 0 unspecified atom stereocenters. The van der Waals surface area contributed by atoms with Gasteiger partial charge in [0.05, 0.1) is 12.7 Å². The number of fused-ring (bicyclic) bond motifs is 3. The van der Waals surface area contributed by atoms with Gasteiger partial charge in [-0.15, -0.1) is 0 Å². The standard InChI is InChI=1S/C27H27NO5/c1-18(32-16-19-10-4-3-5-11-19)25(26(29)30)28(2)27(31)33-17-24-22-14-8-6-12-20(22)21-13-7-9-15-23(21)24/h3-15,18,24-25H,16-17H2,1-2H3,(H,29,30)/t18-,25+/m0/s1. The van der Waals surface area contributed by atoms with Crippen molar-refractivity contribution in [3.63, 3.8) is 0 Å². The summed E-state index contributed by atoms with van der Waals surface area (Å²) in [5.74, 6) is -1.24. The third-order valence-corrected chi connectivity index (χ3v) is 6.09. The highest BCUT2D eigenvalue weighted by molar-refractivity contribution is 5.81. The van der Waals surface area contributed by atoms with Gasteiger partial charge < -0.3 is 14.6 Å². The third kappa shape index (κ3) is 4.76. The summed E-state index contributed by atoms with van der Waals surface area (Å²) in [5, 5.41) is 9.77. The van der Waals surface area contributed by atoms with Crippen molar-refractivity contribution >= 4 is 12.1 Å². The number of ether oxygens (including phenoxy) is 2. The molecule has 0 saturated carbocycles. The molecule has 170 valence electrons. The molecular weight excluding hydrogens is 418 g/mol. The third-order valence-electron chi connectivity index (χ3n) is 6.09. The molecule has 1 aliphatic carbocycles. The predicted molar refractivity (Wildman–Crippen MR) is 125 cm³/mol. The van der Waals surface area contributed by atoms with Crippen LogP contribution in [0.4, 0.5) is 4.79 Å². The fourth-order valence-corrected chi connectivity index (χ4v) is 4.38. The fourth-order valence-electron chi connectivity index (χ4n) is 4.38. The second kappa shape index (κ2) is 9.88. The van der Waals surface area contributed by atoms with Crippen molar-refractivity contribution in [1.29, 1.82) is 0 Å². The van der Waals surface area contributed by atoms with Crippen LogP contribution in [0.3, 0.4) is 0 Å². The molecular formula is C27H27NO5. The lowest BCUT2D eigenvalue weighted by atomic mass is 9.98. The number of carbonyl (C=O) groups excluding carboxylic acids is 1. The van der Waals surface area contributed by atoms with Crippen molar-refractivity contribution in [3.05, 3.63) is 95.6 Å². The van der Waals surface area contributed by atoms with Gasteiger partial charge in [-0.25, -0.2) is 9.59 Å². The molecule has 1 N–H and O–H groups in total. The number of carbonyl (C=O) groups is 2. The normalized spacial score (nSPS) is 14.1. The van der Waals surface area contributed by atoms with Crippen LogP contribution in [0.1, 0.15) is 29.5 Å². The Morgan fingerprint density at radius 1 is 0.909 bits per heavy atom. The maximum absolute atomic E-state index is 12.8. The van der Waals surface area contributed by atoms with Gasteiger partial charge in [-0.1, -0.05) is 78.9 Å². The van der Waals surface area contributed by atoms with E-state index in [9.17, 15) is 14.7 Å². The summed E-state index contributed by atoms with van der Waals surface area (Å²) < 4.78 is 11.4. The van der Waals surface area contributed by atoms with E-state index in [0.717, 1.165) is 32.7 Å². The average Bonchev–Trinajstić information content (AvgIpc) is 3.15. The highest BCUT2D eigenvalue weighted by Gasteiger charge is 2.35. The van der Waals surface area contributed by atoms with E-state index < -0.39 is 24.2 Å². The van der Waals surface area contributed by atoms with Gasteiger partial charge in [0.1, 0.15) is 6.61 Å². The SMILES string of the molecule is C[C@H](OCc1ccccc1)[C@H](C(=O)O)N(C)C(=O)OCC1c2ccccc2-c2ccccc21. The molecule has 0 aliphatic heterocycles. The molecule has 0 radical (unpaired) electrons. The average molecular weight is 446 g/mol. The van der Waals surface area contributed by atoms with E-state index in [1.807, 2.05) is 66.7 Å². The summed E-state index contributed by atoms with van der Waals surface area (Å²) in [6.45, 7) is 2.03. The van der Waals surface area contributed by atoms with E-state index in [0.29, 0.717) is 0 Å². The maximum atomic E-state index is 12.8. The minimum absolute atomic E-state index is 0.0928. The lowest BCUT2D eigenvalue weighted by molar-refractivity contribution is -0.148. The van der Waals surface area contributed by atoms with Crippen LogP contribution < -0.4 is 0 Å². The number of carboxylic acids is 1. The first-order valence-electron chi connectivity index (χ1n) is 10.9. The highest BCUT2D eigenvalue weighted by Crippen LogP contribution is 2.44. The minimum atomic E-state index is -1.18. The monoisotopic (exact) mass is 445 g/mol. The maximum Gasteiger partial charge on any atom is 0.410 e. The summed E-state index contributed by atoms with van der Waals surface area (Å²) in [6, 6.07) is 24.4. The fraction of sp³-hybridized carbons (Fsp3) is 0.259. The minimum Gasteiger partial charge on any atom is -0.480 e. The van der Waals surface area contributed by atoms with Crippen LogP contribution in [0.25, 0.3) is 11.1 Å². The summed E-state index contributed by atoms with van der Waals surface area (Å²) in [4.78, 5) is 25.9. The van der Waals surface area contributed by atoms with Gasteiger partial charge >= 0.3 is 12.1 Å². The van der Waals surface area contributed by atoms with E-state index in [1.165, 1.54) is 7.05 Å². The predicted octanol–water partition coefficient (Wildman–Crippen LogP) is 4.93. The molecule has 0 heterocycles. The molecule has 4 rings (SSSR count). The van der Waals surface area contributed by atoms with Crippen LogP contribution >= 0.6 is 0 Å². The number of rotatable bonds is 8. The Labute approximate surface area is 193 Å². The van der Waals surface area contributed by atoms with Crippen molar-refractivity contribution < 1.29 is 24.2 Å². The van der Waals surface area contributed by atoms with Crippen molar-refractivity contribution in [1.82, 2.24) is 4.90 Å². The quantitative estimate of drug-likeness (QED) is 0.532. The second-order valence-electron chi connectivity index (χ2n) is 8.20. The summed E-state index contributed by atoms with van der Waals surface area (Å²) in [5.41, 5.74) is 5.40. The molecule has 0 aromatic heterocycles. The van der Waals surface area contributed by atoms with Gasteiger partial charge in [-0.05, 0) is 34.7 Å². The van der Waals surface area contributed by atoms with Gasteiger partial charge in [-0.3, -0.25) is 4.90 Å². The number of carboxylic acid groups (broad SMARTS) is 1. The van der Waals surface area contributed by atoms with Gasteiger partial charge in [0, 0.05) is 13.0 Å². The topological polar surface area (TPSA) is 76.1 Å². The molecule has 1 aliphatic rings. The number of amides is 1. The van der Waals surface area contributed by atoms with Gasteiger partial charge in [0.15, 0.2) is 6.04 Å². The smallest absolute Gasteiger partial charge is 0.410 e. The van der Waals surface area contributed by atoms with E-state index in [2.05, 4.69) is 12.1 Å². The molecule has 2 atom stereocenters. The van der Waals surface area contributed by atoms with E-state index in [1.54, 1.807) is 6.92 Å². The first-order valence-corrected chi connectivity index (χ1v) is 10.9. The zero-order valence-corrected chi connectivity index (χ0v) is 18.7. The lowest BCUT2D eigenvalue weighted by Gasteiger charge is -2.29. The van der Waals surface area contributed by atoms with Crippen LogP contribution in [0, 0.1) is 0 Å². The van der Waals surface area contributed by atoms with Gasteiger partial charge in [-0.2, -0.15) is 0 Å². The zero-order valence-electron chi connectivity index (χ0n) is 18.7. The van der Waals surface area contributed by atoms with Crippen molar-refractivity contribution in [2.75, 3.05) is 13.7 Å². The first-order chi connectivity index (χ1) is 16.0. The Bertz CT molecular complexity index is 1080. The van der Waals surface area contributed by atoms with E-state index >= 15 is 0 Å². The number of nitrogens with zero attached hydrogens (tertiary/aromatic N) is 1. The number of hydrogen-bond acceptors (Lipinski definition) is 4. The molecule has 6 nitrogen and oxygen atoms in total. The molecule has 33 heavy (non-hydrogen) atoms. The summed E-state index contributed by atoms with van der Waals surface area (Å²) in [6.07, 6.45) is -1.42. The zero-order chi connectivity index (χ0) is 23.4. The lowest BCUT2D eigenvalue weighted by Crippen LogP contribution is -2.49. The molecule has 0 fully saturated rings. The molecule has 0 saturated heterocycles. The second-order valence-corrected chi connectivity index (χ2v) is 8.20. The van der Waals surface area contributed by atoms with E-state index in [-0.39, 0.29) is 19.1 Å². The first kappa shape index (κ1) is 22.6. The summed E-state index contributed by atoms with van der Waals surface area (Å²) in [7, 11) is 1.43. The van der Waals surface area contributed by atoms with Crippen molar-refractivity contribution in [2.24, 2.45) is 0 Å². The van der Waals surface area contributed by atoms with Crippen molar-refractivity contribution in [2.45, 2.75) is 31.6 Å². The molecule has 3 aromatic rings. The Balaban J connectivity index is 1.42. The number of likely N-dealkylation sites (N-methyl/N-ethyl adjacent to an activating group) is 1. The molecule has 0 bridgehead atoms. The number of aliphatic carboxylic acids is 1. The molecule has 3 aromatic carbocycles. The van der Waals surface area contributed by atoms with Crippen LogP contribution in [0.15, 0.2) is 78.9 Å². The Morgan fingerprint density at radius 3 is 2.03 bits per heavy atom. The van der Waals surface area contributed by atoms with Gasteiger partial charge in [0.2, 0.25) is 0 Å². The van der Waals surface area contributed by atoms with Crippen molar-refractivity contribution in [3.8, 4) is 11.1 Å². The molecule has 0 spiro atoms. The molecule has 6 heteroatoms.